The van der Waals surface area contributed by atoms with Gasteiger partial charge in [0.1, 0.15) is 11.6 Å². The molecule has 0 amide bonds. The van der Waals surface area contributed by atoms with E-state index in [1.165, 1.54) is 12.1 Å². The minimum absolute atomic E-state index is 0.128. The van der Waals surface area contributed by atoms with Crippen LogP contribution in [0.1, 0.15) is 16.8 Å². The third kappa shape index (κ3) is 4.63. The van der Waals surface area contributed by atoms with E-state index in [1.54, 1.807) is 24.3 Å². The van der Waals surface area contributed by atoms with E-state index in [0.717, 1.165) is 23.4 Å². The number of nitrogens with zero attached hydrogens (tertiary/aromatic N) is 2. The number of aromatic amines is 1. The van der Waals surface area contributed by atoms with Crippen LogP contribution in [0.5, 0.6) is 5.75 Å². The van der Waals surface area contributed by atoms with Crippen molar-refractivity contribution >= 4 is 11.6 Å². The van der Waals surface area contributed by atoms with E-state index in [1.807, 2.05) is 12.1 Å². The predicted molar refractivity (Wildman–Crippen MR) is 106 cm³/mol. The Balaban J connectivity index is 1.48. The van der Waals surface area contributed by atoms with E-state index >= 15 is 0 Å². The normalized spacial score (nSPS) is 14.1. The maximum atomic E-state index is 12.6. The number of benzene rings is 2. The fraction of sp³-hybridized carbons (Fsp3) is 0.238. The highest BCUT2D eigenvalue weighted by atomic mass is 35.5. The maximum absolute atomic E-state index is 12.6. The number of halogens is 3. The molecule has 0 spiro atoms. The number of H-pyrrole nitrogens is 1. The van der Waals surface area contributed by atoms with Gasteiger partial charge in [-0.05, 0) is 42.0 Å². The Bertz CT molecular complexity index is 1050. The van der Waals surface area contributed by atoms with Gasteiger partial charge < -0.3 is 9.72 Å². The van der Waals surface area contributed by atoms with Crippen LogP contribution < -0.4 is 10.3 Å². The fourth-order valence-corrected chi connectivity index (χ4v) is 3.52. The summed E-state index contributed by atoms with van der Waals surface area (Å²) in [6, 6.07) is 13.7. The monoisotopic (exact) mass is 417 g/mol. The summed E-state index contributed by atoms with van der Waals surface area (Å²) in [6.45, 7) is -1.00. The summed E-state index contributed by atoms with van der Waals surface area (Å²) in [6.07, 6.45) is 0.659. The first kappa shape index (κ1) is 19.5. The van der Waals surface area contributed by atoms with Crippen molar-refractivity contribution in [2.75, 3.05) is 6.54 Å². The SMILES string of the molecule is O=c1[nH]c(-c2ccc(Cl)cc2)nc2c1CN(Cc1ccc(OC(F)F)cc1)CC2. The third-order valence-electron chi connectivity index (χ3n) is 4.82. The molecule has 4 rings (SSSR count). The summed E-state index contributed by atoms with van der Waals surface area (Å²) in [5.41, 5.74) is 3.08. The first-order valence-corrected chi connectivity index (χ1v) is 9.50. The second kappa shape index (κ2) is 8.31. The number of fused-ring (bicyclic) bond motifs is 1. The van der Waals surface area contributed by atoms with Gasteiger partial charge in [-0.3, -0.25) is 9.69 Å². The summed E-state index contributed by atoms with van der Waals surface area (Å²) >= 11 is 5.92. The molecule has 1 aliphatic rings. The van der Waals surface area contributed by atoms with Gasteiger partial charge in [0.25, 0.3) is 5.56 Å². The van der Waals surface area contributed by atoms with Gasteiger partial charge >= 0.3 is 6.61 Å². The highest BCUT2D eigenvalue weighted by molar-refractivity contribution is 6.30. The van der Waals surface area contributed by atoms with Gasteiger partial charge in [0.2, 0.25) is 0 Å². The van der Waals surface area contributed by atoms with Crippen molar-refractivity contribution in [3.63, 3.8) is 0 Å². The van der Waals surface area contributed by atoms with Crippen LogP contribution in [0.2, 0.25) is 5.02 Å². The average molecular weight is 418 g/mol. The molecule has 3 aromatic rings. The highest BCUT2D eigenvalue weighted by Crippen LogP contribution is 2.22. The Morgan fingerprint density at radius 3 is 2.55 bits per heavy atom. The van der Waals surface area contributed by atoms with Crippen LogP contribution >= 0.6 is 11.6 Å². The lowest BCUT2D eigenvalue weighted by molar-refractivity contribution is -0.0498. The van der Waals surface area contributed by atoms with Gasteiger partial charge in [-0.1, -0.05) is 23.7 Å². The lowest BCUT2D eigenvalue weighted by Crippen LogP contribution is -2.35. The van der Waals surface area contributed by atoms with Gasteiger partial charge in [-0.25, -0.2) is 4.98 Å². The quantitative estimate of drug-likeness (QED) is 0.674. The van der Waals surface area contributed by atoms with Crippen LogP contribution in [-0.4, -0.2) is 28.0 Å². The Hall–Kier alpha value is -2.77. The minimum atomic E-state index is -2.84. The molecule has 29 heavy (non-hydrogen) atoms. The summed E-state index contributed by atoms with van der Waals surface area (Å²) in [5.74, 6) is 0.664. The lowest BCUT2D eigenvalue weighted by Gasteiger charge is -2.27. The average Bonchev–Trinajstić information content (AvgIpc) is 2.70. The van der Waals surface area contributed by atoms with E-state index < -0.39 is 6.61 Å². The summed E-state index contributed by atoms with van der Waals surface area (Å²) in [5, 5.41) is 0.624. The molecule has 0 aliphatic carbocycles. The Kier molecular flexibility index (Phi) is 5.60. The number of hydrogen-bond donors (Lipinski definition) is 1. The molecule has 1 aliphatic heterocycles. The predicted octanol–water partition coefficient (Wildman–Crippen LogP) is 4.25. The van der Waals surface area contributed by atoms with Gasteiger partial charge in [-0.2, -0.15) is 8.78 Å². The van der Waals surface area contributed by atoms with Crippen molar-refractivity contribution in [2.24, 2.45) is 0 Å². The van der Waals surface area contributed by atoms with Crippen molar-refractivity contribution in [3.8, 4) is 17.1 Å². The Labute approximate surface area is 170 Å². The van der Waals surface area contributed by atoms with Gasteiger partial charge in [0, 0.05) is 36.6 Å². The molecular weight excluding hydrogens is 400 g/mol. The van der Waals surface area contributed by atoms with E-state index in [9.17, 15) is 13.6 Å². The first-order valence-electron chi connectivity index (χ1n) is 9.12. The maximum Gasteiger partial charge on any atom is 0.387 e. The molecule has 150 valence electrons. The highest BCUT2D eigenvalue weighted by Gasteiger charge is 2.21. The van der Waals surface area contributed by atoms with Crippen LogP contribution in [0.15, 0.2) is 53.3 Å². The summed E-state index contributed by atoms with van der Waals surface area (Å²) in [4.78, 5) is 22.3. The summed E-state index contributed by atoms with van der Waals surface area (Å²) < 4.78 is 28.9. The molecule has 0 radical (unpaired) electrons. The molecule has 1 N–H and O–H groups in total. The number of rotatable bonds is 5. The Morgan fingerprint density at radius 2 is 1.86 bits per heavy atom. The zero-order chi connectivity index (χ0) is 20.4. The standard InChI is InChI=1S/C21H18ClF2N3O2/c22-15-5-3-14(4-6-15)19-25-18-9-10-27(12-17(18)20(28)26-19)11-13-1-7-16(8-2-13)29-21(23)24/h1-8,21H,9-12H2,(H,25,26,28). The van der Waals surface area contributed by atoms with Crippen LogP contribution in [0.3, 0.4) is 0 Å². The topological polar surface area (TPSA) is 58.2 Å². The molecular formula is C21H18ClF2N3O2. The largest absolute Gasteiger partial charge is 0.435 e. The van der Waals surface area contributed by atoms with Crippen LogP contribution in [0, 0.1) is 0 Å². The van der Waals surface area contributed by atoms with Gasteiger partial charge in [0.15, 0.2) is 0 Å². The second-order valence-electron chi connectivity index (χ2n) is 6.83. The molecule has 0 saturated heterocycles. The fourth-order valence-electron chi connectivity index (χ4n) is 3.39. The molecule has 2 aromatic carbocycles. The number of ether oxygens (including phenoxy) is 1. The number of alkyl halides is 2. The van der Waals surface area contributed by atoms with Crippen molar-refractivity contribution in [2.45, 2.75) is 26.1 Å². The molecule has 8 heteroatoms. The van der Waals surface area contributed by atoms with E-state index in [-0.39, 0.29) is 11.3 Å². The van der Waals surface area contributed by atoms with Crippen molar-refractivity contribution < 1.29 is 13.5 Å². The van der Waals surface area contributed by atoms with E-state index in [0.29, 0.717) is 35.9 Å². The third-order valence-corrected chi connectivity index (χ3v) is 5.07. The molecule has 0 atom stereocenters. The molecule has 0 unspecified atom stereocenters. The van der Waals surface area contributed by atoms with E-state index in [2.05, 4.69) is 19.6 Å². The molecule has 0 saturated carbocycles. The first-order chi connectivity index (χ1) is 14.0. The van der Waals surface area contributed by atoms with Crippen LogP contribution in [0.4, 0.5) is 8.78 Å². The molecule has 5 nitrogen and oxygen atoms in total. The minimum Gasteiger partial charge on any atom is -0.435 e. The number of hydrogen-bond acceptors (Lipinski definition) is 4. The van der Waals surface area contributed by atoms with Gasteiger partial charge in [-0.15, -0.1) is 0 Å². The number of nitrogens with one attached hydrogen (secondary N) is 1. The lowest BCUT2D eigenvalue weighted by atomic mass is 10.1. The van der Waals surface area contributed by atoms with Crippen LogP contribution in [-0.2, 0) is 19.5 Å². The summed E-state index contributed by atoms with van der Waals surface area (Å²) in [7, 11) is 0. The smallest absolute Gasteiger partial charge is 0.387 e. The van der Waals surface area contributed by atoms with Crippen LogP contribution in [0.25, 0.3) is 11.4 Å². The second-order valence-corrected chi connectivity index (χ2v) is 7.27. The molecule has 1 aromatic heterocycles. The van der Waals surface area contributed by atoms with Crippen molar-refractivity contribution in [1.29, 1.82) is 0 Å². The van der Waals surface area contributed by atoms with Crippen molar-refractivity contribution in [1.82, 2.24) is 14.9 Å². The Morgan fingerprint density at radius 1 is 1.14 bits per heavy atom. The molecule has 2 heterocycles. The van der Waals surface area contributed by atoms with Gasteiger partial charge in [0.05, 0.1) is 11.3 Å². The zero-order valence-corrected chi connectivity index (χ0v) is 16.1. The molecule has 0 bridgehead atoms. The number of aromatic nitrogens is 2. The zero-order valence-electron chi connectivity index (χ0n) is 15.4. The van der Waals surface area contributed by atoms with Crippen molar-refractivity contribution in [3.05, 3.63) is 80.7 Å². The molecule has 0 fully saturated rings. The van der Waals surface area contributed by atoms with E-state index in [4.69, 9.17) is 11.6 Å².